The molecule has 1 fully saturated rings. The van der Waals surface area contributed by atoms with E-state index in [2.05, 4.69) is 11.4 Å². The smallest absolute Gasteiger partial charge is 0.136 e. The summed E-state index contributed by atoms with van der Waals surface area (Å²) in [6, 6.07) is 7.97. The number of rotatable bonds is 5. The number of Topliss-reactive ketones (excluding diaryl/α,β-unsaturated/α-hetero) is 1. The van der Waals surface area contributed by atoms with Crippen molar-refractivity contribution < 1.29 is 9.53 Å². The monoisotopic (exact) mass is 247 g/mol. The van der Waals surface area contributed by atoms with E-state index in [1.807, 2.05) is 18.2 Å². The SMILES string of the molecule is COc1cccc(CCC(=O)C2CCNCC2)c1. The second kappa shape index (κ2) is 6.55. The molecule has 0 aliphatic carbocycles. The van der Waals surface area contributed by atoms with Crippen LogP contribution in [0.1, 0.15) is 24.8 Å². The van der Waals surface area contributed by atoms with Crippen LogP contribution in [0.5, 0.6) is 5.75 Å². The maximum atomic E-state index is 12.1. The highest BCUT2D eigenvalue weighted by molar-refractivity contribution is 5.81. The third kappa shape index (κ3) is 3.57. The number of aryl methyl sites for hydroxylation is 1. The van der Waals surface area contributed by atoms with Crippen molar-refractivity contribution in [2.45, 2.75) is 25.7 Å². The Hall–Kier alpha value is -1.35. The first kappa shape index (κ1) is 13.1. The van der Waals surface area contributed by atoms with Gasteiger partial charge in [-0.25, -0.2) is 0 Å². The van der Waals surface area contributed by atoms with Crippen LogP contribution in [0, 0.1) is 5.92 Å². The molecule has 98 valence electrons. The molecule has 1 N–H and O–H groups in total. The standard InChI is InChI=1S/C15H21NO2/c1-18-14-4-2-3-12(11-14)5-6-15(17)13-7-9-16-10-8-13/h2-4,11,13,16H,5-10H2,1H3. The number of methoxy groups -OCH3 is 1. The fourth-order valence-electron chi connectivity index (χ4n) is 2.44. The Morgan fingerprint density at radius 3 is 2.89 bits per heavy atom. The van der Waals surface area contributed by atoms with Gasteiger partial charge in [0.15, 0.2) is 0 Å². The van der Waals surface area contributed by atoms with E-state index in [0.29, 0.717) is 12.2 Å². The van der Waals surface area contributed by atoms with Crippen LogP contribution < -0.4 is 10.1 Å². The Kier molecular flexibility index (Phi) is 4.76. The van der Waals surface area contributed by atoms with E-state index in [0.717, 1.165) is 38.1 Å². The van der Waals surface area contributed by atoms with Crippen molar-refractivity contribution in [3.8, 4) is 5.75 Å². The molecule has 2 rings (SSSR count). The lowest BCUT2D eigenvalue weighted by Crippen LogP contribution is -2.31. The minimum absolute atomic E-state index is 0.275. The highest BCUT2D eigenvalue weighted by Gasteiger charge is 2.20. The molecule has 1 heterocycles. The molecule has 0 atom stereocenters. The minimum atomic E-state index is 0.275. The predicted molar refractivity (Wildman–Crippen MR) is 71.9 cm³/mol. The second-order valence-electron chi connectivity index (χ2n) is 4.84. The van der Waals surface area contributed by atoms with E-state index in [-0.39, 0.29) is 5.92 Å². The summed E-state index contributed by atoms with van der Waals surface area (Å²) >= 11 is 0. The van der Waals surface area contributed by atoms with Gasteiger partial charge in [-0.1, -0.05) is 12.1 Å². The quantitative estimate of drug-likeness (QED) is 0.867. The van der Waals surface area contributed by atoms with E-state index in [1.54, 1.807) is 7.11 Å². The number of benzene rings is 1. The number of ether oxygens (including phenoxy) is 1. The number of piperidine rings is 1. The van der Waals surface area contributed by atoms with Gasteiger partial charge in [0.2, 0.25) is 0 Å². The molecule has 18 heavy (non-hydrogen) atoms. The summed E-state index contributed by atoms with van der Waals surface area (Å²) in [6.45, 7) is 1.96. The van der Waals surface area contributed by atoms with Crippen LogP contribution in [-0.2, 0) is 11.2 Å². The van der Waals surface area contributed by atoms with Crippen molar-refractivity contribution in [2.75, 3.05) is 20.2 Å². The summed E-state index contributed by atoms with van der Waals surface area (Å²) in [7, 11) is 1.67. The zero-order chi connectivity index (χ0) is 12.8. The third-order valence-electron chi connectivity index (χ3n) is 3.59. The van der Waals surface area contributed by atoms with Crippen LogP contribution >= 0.6 is 0 Å². The maximum Gasteiger partial charge on any atom is 0.136 e. The number of nitrogens with one attached hydrogen (secondary N) is 1. The number of ketones is 1. The maximum absolute atomic E-state index is 12.1. The van der Waals surface area contributed by atoms with Gasteiger partial charge < -0.3 is 10.1 Å². The molecule has 3 nitrogen and oxygen atoms in total. The molecule has 1 aromatic carbocycles. The van der Waals surface area contributed by atoms with Crippen LogP contribution in [0.3, 0.4) is 0 Å². The minimum Gasteiger partial charge on any atom is -0.497 e. The molecule has 0 saturated carbocycles. The van der Waals surface area contributed by atoms with Crippen LogP contribution in [0.2, 0.25) is 0 Å². The number of hydrogen-bond donors (Lipinski definition) is 1. The average molecular weight is 247 g/mol. The Morgan fingerprint density at radius 1 is 1.39 bits per heavy atom. The van der Waals surface area contributed by atoms with E-state index >= 15 is 0 Å². The first-order chi connectivity index (χ1) is 8.79. The fourth-order valence-corrected chi connectivity index (χ4v) is 2.44. The van der Waals surface area contributed by atoms with Crippen LogP contribution in [-0.4, -0.2) is 26.0 Å². The number of carbonyl (C=O) groups is 1. The molecule has 3 heteroatoms. The van der Waals surface area contributed by atoms with Crippen LogP contribution in [0.15, 0.2) is 24.3 Å². The lowest BCUT2D eigenvalue weighted by Gasteiger charge is -2.21. The fraction of sp³-hybridized carbons (Fsp3) is 0.533. The van der Waals surface area contributed by atoms with Gasteiger partial charge in [-0.05, 0) is 50.0 Å². The van der Waals surface area contributed by atoms with Crippen molar-refractivity contribution in [1.29, 1.82) is 0 Å². The van der Waals surface area contributed by atoms with Gasteiger partial charge >= 0.3 is 0 Å². The topological polar surface area (TPSA) is 38.3 Å². The lowest BCUT2D eigenvalue weighted by molar-refractivity contribution is -0.123. The lowest BCUT2D eigenvalue weighted by atomic mass is 9.90. The highest BCUT2D eigenvalue weighted by Crippen LogP contribution is 2.18. The van der Waals surface area contributed by atoms with E-state index < -0.39 is 0 Å². The van der Waals surface area contributed by atoms with Crippen molar-refractivity contribution in [3.05, 3.63) is 29.8 Å². The summed E-state index contributed by atoms with van der Waals surface area (Å²) in [5, 5.41) is 3.29. The van der Waals surface area contributed by atoms with Crippen molar-refractivity contribution in [3.63, 3.8) is 0 Å². The zero-order valence-electron chi connectivity index (χ0n) is 10.9. The molecule has 0 amide bonds. The molecule has 0 spiro atoms. The van der Waals surface area contributed by atoms with E-state index in [4.69, 9.17) is 4.74 Å². The van der Waals surface area contributed by atoms with Gasteiger partial charge in [0.25, 0.3) is 0 Å². The zero-order valence-corrected chi connectivity index (χ0v) is 10.9. The van der Waals surface area contributed by atoms with Crippen LogP contribution in [0.4, 0.5) is 0 Å². The van der Waals surface area contributed by atoms with Gasteiger partial charge in [-0.2, -0.15) is 0 Å². The Morgan fingerprint density at radius 2 is 2.17 bits per heavy atom. The molecule has 0 radical (unpaired) electrons. The molecule has 0 aromatic heterocycles. The number of carbonyl (C=O) groups excluding carboxylic acids is 1. The van der Waals surface area contributed by atoms with Gasteiger partial charge in [-0.3, -0.25) is 4.79 Å². The first-order valence-corrected chi connectivity index (χ1v) is 6.66. The summed E-state index contributed by atoms with van der Waals surface area (Å²) in [5.41, 5.74) is 1.18. The normalized spacial score (nSPS) is 16.5. The molecular formula is C15H21NO2. The number of hydrogen-bond acceptors (Lipinski definition) is 3. The molecule has 1 aliphatic rings. The Labute approximate surface area is 109 Å². The molecule has 1 aromatic rings. The summed E-state index contributed by atoms with van der Waals surface area (Å²) < 4.78 is 5.18. The Balaban J connectivity index is 1.84. The molecule has 0 bridgehead atoms. The summed E-state index contributed by atoms with van der Waals surface area (Å²) in [4.78, 5) is 12.1. The van der Waals surface area contributed by atoms with E-state index in [9.17, 15) is 4.79 Å². The molecule has 0 unspecified atom stereocenters. The van der Waals surface area contributed by atoms with Crippen LogP contribution in [0.25, 0.3) is 0 Å². The second-order valence-corrected chi connectivity index (χ2v) is 4.84. The average Bonchev–Trinajstić information content (AvgIpc) is 2.46. The third-order valence-corrected chi connectivity index (χ3v) is 3.59. The largest absolute Gasteiger partial charge is 0.497 e. The Bertz CT molecular complexity index is 397. The van der Waals surface area contributed by atoms with Crippen molar-refractivity contribution >= 4 is 5.78 Å². The van der Waals surface area contributed by atoms with Gasteiger partial charge in [-0.15, -0.1) is 0 Å². The van der Waals surface area contributed by atoms with E-state index in [1.165, 1.54) is 5.56 Å². The molecular weight excluding hydrogens is 226 g/mol. The summed E-state index contributed by atoms with van der Waals surface area (Å²) in [6.07, 6.45) is 3.46. The highest BCUT2D eigenvalue weighted by atomic mass is 16.5. The van der Waals surface area contributed by atoms with Gasteiger partial charge in [0.1, 0.15) is 11.5 Å². The van der Waals surface area contributed by atoms with Gasteiger partial charge in [0.05, 0.1) is 7.11 Å². The predicted octanol–water partition coefficient (Wildman–Crippen LogP) is 2.20. The van der Waals surface area contributed by atoms with Crippen molar-refractivity contribution in [2.24, 2.45) is 5.92 Å². The van der Waals surface area contributed by atoms with Crippen molar-refractivity contribution in [1.82, 2.24) is 5.32 Å². The summed E-state index contributed by atoms with van der Waals surface area (Å²) in [5.74, 6) is 1.55. The van der Waals surface area contributed by atoms with Gasteiger partial charge in [0, 0.05) is 12.3 Å². The molecule has 1 aliphatic heterocycles. The first-order valence-electron chi connectivity index (χ1n) is 6.66. The molecule has 1 saturated heterocycles.